The second kappa shape index (κ2) is 5.22. The number of carbonyl (C=O) groups excluding carboxylic acids is 2. The third-order valence-electron chi connectivity index (χ3n) is 3.11. The van der Waals surface area contributed by atoms with Crippen molar-refractivity contribution in [1.82, 2.24) is 5.32 Å². The van der Waals surface area contributed by atoms with Gasteiger partial charge in [-0.3, -0.25) is 9.59 Å². The highest BCUT2D eigenvalue weighted by Crippen LogP contribution is 2.25. The van der Waals surface area contributed by atoms with Crippen LogP contribution in [0.15, 0.2) is 23.3 Å². The van der Waals surface area contributed by atoms with Crippen molar-refractivity contribution in [2.24, 2.45) is 5.10 Å². The Labute approximate surface area is 112 Å². The summed E-state index contributed by atoms with van der Waals surface area (Å²) in [6.07, 6.45) is 0.694. The number of nitrogens with one attached hydrogen (secondary N) is 1. The summed E-state index contributed by atoms with van der Waals surface area (Å²) in [6, 6.07) is 5.84. The van der Waals surface area contributed by atoms with Crippen molar-refractivity contribution in [1.29, 1.82) is 0 Å². The summed E-state index contributed by atoms with van der Waals surface area (Å²) in [6.45, 7) is 3.88. The zero-order valence-electron chi connectivity index (χ0n) is 11.4. The van der Waals surface area contributed by atoms with Crippen LogP contribution in [-0.2, 0) is 9.59 Å². The molecule has 1 N–H and O–H groups in total. The summed E-state index contributed by atoms with van der Waals surface area (Å²) in [5, 5.41) is 8.08. The Hall–Kier alpha value is -2.17. The molecular weight excluding hydrogens is 242 g/mol. The van der Waals surface area contributed by atoms with Crippen LogP contribution < -0.4 is 10.3 Å². The predicted octanol–water partition coefficient (Wildman–Crippen LogP) is 1.53. The van der Waals surface area contributed by atoms with Crippen molar-refractivity contribution in [3.05, 3.63) is 29.3 Å². The number of aryl methyl sites for hydroxylation is 2. The molecule has 100 valence electrons. The van der Waals surface area contributed by atoms with E-state index < -0.39 is 0 Å². The van der Waals surface area contributed by atoms with Crippen LogP contribution in [-0.4, -0.2) is 24.6 Å². The van der Waals surface area contributed by atoms with Gasteiger partial charge in [0, 0.05) is 19.9 Å². The number of benzene rings is 1. The first kappa shape index (κ1) is 13.3. The second-order valence-electron chi connectivity index (χ2n) is 4.62. The van der Waals surface area contributed by atoms with Gasteiger partial charge in [0.25, 0.3) is 5.91 Å². The molecule has 0 saturated heterocycles. The third kappa shape index (κ3) is 2.65. The van der Waals surface area contributed by atoms with Crippen LogP contribution in [0.4, 0.5) is 5.69 Å². The molecule has 19 heavy (non-hydrogen) atoms. The van der Waals surface area contributed by atoms with Crippen LogP contribution in [0.3, 0.4) is 0 Å². The zero-order chi connectivity index (χ0) is 14.0. The van der Waals surface area contributed by atoms with E-state index in [2.05, 4.69) is 10.4 Å². The fraction of sp³-hybridized carbons (Fsp3) is 0.357. The van der Waals surface area contributed by atoms with E-state index in [1.165, 1.54) is 5.01 Å². The minimum Gasteiger partial charge on any atom is -0.354 e. The highest BCUT2D eigenvalue weighted by atomic mass is 16.2. The first-order valence-electron chi connectivity index (χ1n) is 6.22. The Kier molecular flexibility index (Phi) is 3.64. The van der Waals surface area contributed by atoms with Crippen molar-refractivity contribution in [2.45, 2.75) is 26.7 Å². The van der Waals surface area contributed by atoms with Crippen molar-refractivity contribution in [2.75, 3.05) is 12.1 Å². The number of hydrogen-bond donors (Lipinski definition) is 1. The molecular formula is C14H17N3O2. The van der Waals surface area contributed by atoms with Crippen molar-refractivity contribution < 1.29 is 9.59 Å². The van der Waals surface area contributed by atoms with E-state index >= 15 is 0 Å². The van der Waals surface area contributed by atoms with Crippen LogP contribution in [0.2, 0.25) is 0 Å². The van der Waals surface area contributed by atoms with Crippen LogP contribution in [0, 0.1) is 13.8 Å². The monoisotopic (exact) mass is 259 g/mol. The Morgan fingerprint density at radius 3 is 2.74 bits per heavy atom. The lowest BCUT2D eigenvalue weighted by Gasteiger charge is -2.24. The van der Waals surface area contributed by atoms with E-state index in [9.17, 15) is 9.59 Å². The molecule has 1 aromatic rings. The Morgan fingerprint density at radius 2 is 2.05 bits per heavy atom. The maximum Gasteiger partial charge on any atom is 0.267 e. The molecule has 0 fully saturated rings. The molecule has 0 bridgehead atoms. The Bertz CT molecular complexity index is 564. The van der Waals surface area contributed by atoms with Crippen molar-refractivity contribution >= 4 is 23.2 Å². The van der Waals surface area contributed by atoms with Crippen LogP contribution >= 0.6 is 0 Å². The van der Waals surface area contributed by atoms with Crippen molar-refractivity contribution in [3.8, 4) is 0 Å². The third-order valence-corrected chi connectivity index (χ3v) is 3.11. The zero-order valence-corrected chi connectivity index (χ0v) is 11.4. The van der Waals surface area contributed by atoms with E-state index in [1.54, 1.807) is 7.05 Å². The minimum atomic E-state index is -0.234. The molecule has 1 aromatic carbocycles. The molecule has 0 aromatic heterocycles. The molecule has 5 heteroatoms. The molecule has 0 saturated carbocycles. The highest BCUT2D eigenvalue weighted by molar-refractivity contribution is 6.40. The molecule has 1 aliphatic heterocycles. The topological polar surface area (TPSA) is 61.8 Å². The largest absolute Gasteiger partial charge is 0.354 e. The number of hydrazone groups is 1. The fourth-order valence-electron chi connectivity index (χ4n) is 2.00. The van der Waals surface area contributed by atoms with Gasteiger partial charge in [0.05, 0.1) is 5.69 Å². The molecule has 1 heterocycles. The summed E-state index contributed by atoms with van der Waals surface area (Å²) in [5.41, 5.74) is 3.14. The molecule has 0 radical (unpaired) electrons. The van der Waals surface area contributed by atoms with Gasteiger partial charge in [-0.15, -0.1) is 0 Å². The van der Waals surface area contributed by atoms with Gasteiger partial charge >= 0.3 is 0 Å². The van der Waals surface area contributed by atoms with Crippen LogP contribution in [0.5, 0.6) is 0 Å². The highest BCUT2D eigenvalue weighted by Gasteiger charge is 2.25. The predicted molar refractivity (Wildman–Crippen MR) is 74.1 cm³/mol. The molecule has 5 nitrogen and oxygen atoms in total. The number of amides is 2. The van der Waals surface area contributed by atoms with E-state index in [-0.39, 0.29) is 11.8 Å². The number of nitrogens with zero attached hydrogens (tertiary/aromatic N) is 2. The average molecular weight is 259 g/mol. The molecule has 0 aliphatic carbocycles. The Balaban J connectivity index is 2.43. The summed E-state index contributed by atoms with van der Waals surface area (Å²) in [5.74, 6) is -0.316. The molecule has 2 amide bonds. The molecule has 2 rings (SSSR count). The SMILES string of the molecule is CNC(=O)C1=NN(c2cc(C)ccc2C)C(=O)CC1. The number of anilines is 1. The first-order valence-corrected chi connectivity index (χ1v) is 6.22. The quantitative estimate of drug-likeness (QED) is 0.875. The Morgan fingerprint density at radius 1 is 1.32 bits per heavy atom. The summed E-state index contributed by atoms with van der Waals surface area (Å²) >= 11 is 0. The smallest absolute Gasteiger partial charge is 0.267 e. The van der Waals surface area contributed by atoms with Gasteiger partial charge < -0.3 is 5.32 Å². The number of carbonyl (C=O) groups is 2. The number of hydrogen-bond acceptors (Lipinski definition) is 3. The van der Waals surface area contributed by atoms with Gasteiger partial charge in [0.15, 0.2) is 0 Å². The first-order chi connectivity index (χ1) is 9.02. The van der Waals surface area contributed by atoms with Crippen LogP contribution in [0.25, 0.3) is 0 Å². The van der Waals surface area contributed by atoms with E-state index in [1.807, 2.05) is 32.0 Å². The van der Waals surface area contributed by atoms with E-state index in [0.29, 0.717) is 18.6 Å². The van der Waals surface area contributed by atoms with E-state index in [4.69, 9.17) is 0 Å². The lowest BCUT2D eigenvalue weighted by Crippen LogP contribution is -2.38. The molecule has 1 aliphatic rings. The summed E-state index contributed by atoms with van der Waals surface area (Å²) in [7, 11) is 1.56. The van der Waals surface area contributed by atoms with Gasteiger partial charge in [-0.1, -0.05) is 12.1 Å². The molecule has 0 unspecified atom stereocenters. The standard InChI is InChI=1S/C14H17N3O2/c1-9-4-5-10(2)12(8-9)17-13(18)7-6-11(16-17)14(19)15-3/h4-5,8H,6-7H2,1-3H3,(H,15,19). The van der Waals surface area contributed by atoms with Gasteiger partial charge in [-0.05, 0) is 31.0 Å². The maximum atomic E-state index is 12.0. The van der Waals surface area contributed by atoms with Gasteiger partial charge in [0.2, 0.25) is 5.91 Å². The van der Waals surface area contributed by atoms with E-state index in [0.717, 1.165) is 16.8 Å². The molecule has 0 spiro atoms. The van der Waals surface area contributed by atoms with Gasteiger partial charge in [0.1, 0.15) is 5.71 Å². The fourth-order valence-corrected chi connectivity index (χ4v) is 2.00. The summed E-state index contributed by atoms with van der Waals surface area (Å²) in [4.78, 5) is 23.6. The van der Waals surface area contributed by atoms with Crippen molar-refractivity contribution in [3.63, 3.8) is 0 Å². The average Bonchev–Trinajstić information content (AvgIpc) is 2.41. The minimum absolute atomic E-state index is 0.0821. The maximum absolute atomic E-state index is 12.0. The van der Waals surface area contributed by atoms with Gasteiger partial charge in [-0.2, -0.15) is 5.10 Å². The lowest BCUT2D eigenvalue weighted by atomic mass is 10.1. The molecule has 0 atom stereocenters. The number of rotatable bonds is 2. The summed E-state index contributed by atoms with van der Waals surface area (Å²) < 4.78 is 0. The lowest BCUT2D eigenvalue weighted by molar-refractivity contribution is -0.118. The normalized spacial score (nSPS) is 15.2. The second-order valence-corrected chi connectivity index (χ2v) is 4.62. The van der Waals surface area contributed by atoms with Gasteiger partial charge in [-0.25, -0.2) is 5.01 Å². The van der Waals surface area contributed by atoms with Crippen LogP contribution in [0.1, 0.15) is 24.0 Å².